The molecule has 0 radical (unpaired) electrons. The summed E-state index contributed by atoms with van der Waals surface area (Å²) in [5.41, 5.74) is 1.73. The first-order valence-corrected chi connectivity index (χ1v) is 6.58. The number of nitrogens with zero attached hydrogens (tertiary/aromatic N) is 1. The molecule has 1 aromatic heterocycles. The zero-order valence-corrected chi connectivity index (χ0v) is 10.3. The van der Waals surface area contributed by atoms with E-state index in [9.17, 15) is 9.59 Å². The molecule has 1 rings (SSSR count). The molecule has 0 bridgehead atoms. The number of rotatable bonds is 6. The minimum atomic E-state index is -1.01. The number of carbonyl (C=O) groups is 2. The number of aromatic nitrogens is 1. The van der Waals surface area contributed by atoms with Gasteiger partial charge < -0.3 is 10.4 Å². The van der Waals surface area contributed by atoms with Gasteiger partial charge in [0.1, 0.15) is 6.04 Å². The number of hydrogen-bond acceptors (Lipinski definition) is 5. The van der Waals surface area contributed by atoms with Crippen molar-refractivity contribution in [2.75, 3.05) is 5.75 Å². The summed E-state index contributed by atoms with van der Waals surface area (Å²) in [6.07, 6.45) is 1.76. The quantitative estimate of drug-likeness (QED) is 0.796. The summed E-state index contributed by atoms with van der Waals surface area (Å²) in [5, 5.41) is 11.2. The van der Waals surface area contributed by atoms with Crippen LogP contribution < -0.4 is 5.32 Å². The molecule has 88 valence electrons. The number of aliphatic carboxylic acids is 1. The summed E-state index contributed by atoms with van der Waals surface area (Å²) in [5.74, 6) is -0.265. The number of thioether (sulfide) groups is 1. The lowest BCUT2D eigenvalue weighted by Gasteiger charge is -2.11. The fraction of sp³-hybridized carbons (Fsp3) is 0.444. The third-order valence-corrected chi connectivity index (χ3v) is 3.73. The van der Waals surface area contributed by atoms with E-state index in [1.54, 1.807) is 11.7 Å². The summed E-state index contributed by atoms with van der Waals surface area (Å²) in [6, 6.07) is -0.824. The zero-order valence-electron chi connectivity index (χ0n) is 8.67. The summed E-state index contributed by atoms with van der Waals surface area (Å²) < 4.78 is 0. The molecule has 2 N–H and O–H groups in total. The van der Waals surface area contributed by atoms with E-state index in [-0.39, 0.29) is 5.91 Å². The van der Waals surface area contributed by atoms with Gasteiger partial charge in [-0.25, -0.2) is 4.79 Å². The molecule has 0 saturated carbocycles. The Balaban J connectivity index is 2.32. The van der Waals surface area contributed by atoms with Gasteiger partial charge in [0.15, 0.2) is 0 Å². The van der Waals surface area contributed by atoms with Gasteiger partial charge in [-0.15, -0.1) is 11.3 Å². The second-order valence-corrected chi connectivity index (χ2v) is 5.08. The summed E-state index contributed by atoms with van der Waals surface area (Å²) in [4.78, 5) is 26.6. The van der Waals surface area contributed by atoms with Gasteiger partial charge in [0.25, 0.3) is 0 Å². The Hall–Kier alpha value is -1.08. The van der Waals surface area contributed by atoms with E-state index in [1.165, 1.54) is 30.0 Å². The number of amides is 1. The molecular formula is C9H12N2O3S2. The van der Waals surface area contributed by atoms with Crippen LogP contribution >= 0.6 is 23.1 Å². The monoisotopic (exact) mass is 260 g/mol. The molecule has 0 unspecified atom stereocenters. The fourth-order valence-corrected chi connectivity index (χ4v) is 2.77. The second-order valence-electron chi connectivity index (χ2n) is 3.07. The van der Waals surface area contributed by atoms with Crippen LogP contribution in [0.1, 0.15) is 11.8 Å². The van der Waals surface area contributed by atoms with E-state index in [1.807, 2.05) is 0 Å². The highest BCUT2D eigenvalue weighted by molar-refractivity contribution is 7.98. The van der Waals surface area contributed by atoms with Crippen LogP contribution in [0.5, 0.6) is 0 Å². The van der Waals surface area contributed by atoms with Crippen LogP contribution in [0.25, 0.3) is 0 Å². The molecule has 1 atom stereocenters. The third kappa shape index (κ3) is 4.63. The minimum absolute atomic E-state index is 0.328. The summed E-state index contributed by atoms with van der Waals surface area (Å²) in [6.45, 7) is 1.31. The second kappa shape index (κ2) is 6.49. The molecule has 0 saturated heterocycles. The van der Waals surface area contributed by atoms with Gasteiger partial charge in [-0.1, -0.05) is 0 Å². The number of hydrogen-bond donors (Lipinski definition) is 2. The summed E-state index contributed by atoms with van der Waals surface area (Å²) in [7, 11) is 0. The van der Waals surface area contributed by atoms with Crippen LogP contribution in [0.15, 0.2) is 11.7 Å². The zero-order chi connectivity index (χ0) is 12.0. The highest BCUT2D eigenvalue weighted by Crippen LogP contribution is 2.16. The molecular weight excluding hydrogens is 248 g/mol. The van der Waals surface area contributed by atoms with Gasteiger partial charge in [0.2, 0.25) is 5.91 Å². The molecule has 0 fully saturated rings. The Bertz CT molecular complexity index is 354. The molecule has 0 spiro atoms. The molecule has 5 nitrogen and oxygen atoms in total. The number of carboxylic acids is 1. The van der Waals surface area contributed by atoms with E-state index in [4.69, 9.17) is 5.11 Å². The Morgan fingerprint density at radius 2 is 2.44 bits per heavy atom. The standard InChI is InChI=1S/C9H12N2O3S2/c1-6(12)11-8(9(13)14)4-15-3-7-2-10-5-16-7/h2,5,8H,3-4H2,1H3,(H,11,12)(H,13,14)/t8-/m0/s1. The summed E-state index contributed by atoms with van der Waals surface area (Å²) >= 11 is 2.99. The SMILES string of the molecule is CC(=O)N[C@@H](CSCc1cncs1)C(=O)O. The van der Waals surface area contributed by atoms with E-state index >= 15 is 0 Å². The molecule has 1 heterocycles. The van der Waals surface area contributed by atoms with Crippen LogP contribution in [-0.4, -0.2) is 33.8 Å². The number of carbonyl (C=O) groups excluding carboxylic acids is 1. The third-order valence-electron chi connectivity index (χ3n) is 1.69. The van der Waals surface area contributed by atoms with Crippen LogP contribution in [-0.2, 0) is 15.3 Å². The molecule has 7 heteroatoms. The predicted molar refractivity (Wildman–Crippen MR) is 63.5 cm³/mol. The van der Waals surface area contributed by atoms with Gasteiger partial charge in [-0.3, -0.25) is 9.78 Å². The van der Waals surface area contributed by atoms with Crippen molar-refractivity contribution in [3.8, 4) is 0 Å². The maximum Gasteiger partial charge on any atom is 0.327 e. The lowest BCUT2D eigenvalue weighted by molar-refractivity contribution is -0.140. The van der Waals surface area contributed by atoms with Gasteiger partial charge >= 0.3 is 5.97 Å². The molecule has 0 aromatic carbocycles. The largest absolute Gasteiger partial charge is 0.480 e. The van der Waals surface area contributed by atoms with Crippen molar-refractivity contribution in [2.24, 2.45) is 0 Å². The Kier molecular flexibility index (Phi) is 5.27. The molecule has 0 aliphatic heterocycles. The molecule has 1 aromatic rings. The van der Waals surface area contributed by atoms with Crippen molar-refractivity contribution in [2.45, 2.75) is 18.7 Å². The first kappa shape index (κ1) is 13.0. The number of thiazole rings is 1. The van der Waals surface area contributed by atoms with Gasteiger partial charge in [0, 0.05) is 29.5 Å². The van der Waals surface area contributed by atoms with Crippen LogP contribution in [0.3, 0.4) is 0 Å². The van der Waals surface area contributed by atoms with E-state index in [0.29, 0.717) is 11.5 Å². The average molecular weight is 260 g/mol. The minimum Gasteiger partial charge on any atom is -0.480 e. The smallest absolute Gasteiger partial charge is 0.327 e. The molecule has 0 aliphatic rings. The Morgan fingerprint density at radius 1 is 1.69 bits per heavy atom. The first-order chi connectivity index (χ1) is 7.59. The van der Waals surface area contributed by atoms with Crippen molar-refractivity contribution in [3.63, 3.8) is 0 Å². The topological polar surface area (TPSA) is 79.3 Å². The lowest BCUT2D eigenvalue weighted by Crippen LogP contribution is -2.41. The molecule has 1 amide bonds. The normalized spacial score (nSPS) is 12.1. The van der Waals surface area contributed by atoms with Crippen molar-refractivity contribution in [1.82, 2.24) is 10.3 Å². The Labute approximate surface area is 101 Å². The first-order valence-electron chi connectivity index (χ1n) is 4.54. The maximum absolute atomic E-state index is 10.8. The highest BCUT2D eigenvalue weighted by atomic mass is 32.2. The maximum atomic E-state index is 10.8. The lowest BCUT2D eigenvalue weighted by atomic mass is 10.3. The van der Waals surface area contributed by atoms with Crippen LogP contribution in [0, 0.1) is 0 Å². The van der Waals surface area contributed by atoms with Crippen molar-refractivity contribution in [3.05, 3.63) is 16.6 Å². The predicted octanol–water partition coefficient (Wildman–Crippen LogP) is 0.966. The highest BCUT2D eigenvalue weighted by Gasteiger charge is 2.17. The fourth-order valence-electron chi connectivity index (χ4n) is 1.01. The van der Waals surface area contributed by atoms with Gasteiger partial charge in [-0.2, -0.15) is 11.8 Å². The van der Waals surface area contributed by atoms with E-state index in [0.717, 1.165) is 4.88 Å². The van der Waals surface area contributed by atoms with E-state index in [2.05, 4.69) is 10.3 Å². The average Bonchev–Trinajstić information content (AvgIpc) is 2.68. The van der Waals surface area contributed by atoms with E-state index < -0.39 is 12.0 Å². The van der Waals surface area contributed by atoms with Crippen molar-refractivity contribution >= 4 is 35.0 Å². The van der Waals surface area contributed by atoms with Gasteiger partial charge in [-0.05, 0) is 0 Å². The van der Waals surface area contributed by atoms with Gasteiger partial charge in [0.05, 0.1) is 5.51 Å². The number of carboxylic acid groups (broad SMARTS) is 1. The Morgan fingerprint density at radius 3 is 2.94 bits per heavy atom. The van der Waals surface area contributed by atoms with Crippen molar-refractivity contribution in [1.29, 1.82) is 0 Å². The molecule has 0 aliphatic carbocycles. The van der Waals surface area contributed by atoms with Crippen molar-refractivity contribution < 1.29 is 14.7 Å². The van der Waals surface area contributed by atoms with Crippen LogP contribution in [0.2, 0.25) is 0 Å². The van der Waals surface area contributed by atoms with Crippen LogP contribution in [0.4, 0.5) is 0 Å². The number of nitrogens with one attached hydrogen (secondary N) is 1. The molecule has 16 heavy (non-hydrogen) atoms.